The second-order valence-electron chi connectivity index (χ2n) is 5.28. The zero-order chi connectivity index (χ0) is 14.1. The third-order valence-corrected chi connectivity index (χ3v) is 7.38. The standard InChI is InChI=1S/2C10H7.Ga/c2*1-2-6-10-8-4-3-7-9(10)5-1;/h2*1-7H;. The van der Waals surface area contributed by atoms with E-state index in [0.717, 1.165) is 0 Å². The summed E-state index contributed by atoms with van der Waals surface area (Å²) in [6.45, 7) is 0. The van der Waals surface area contributed by atoms with Crippen LogP contribution in [0, 0.1) is 0 Å². The number of fused-ring (bicyclic) bond motifs is 2. The molecule has 0 nitrogen and oxygen atoms in total. The van der Waals surface area contributed by atoms with Gasteiger partial charge in [0.05, 0.1) is 0 Å². The molecule has 97 valence electrons. The monoisotopic (exact) mass is 323 g/mol. The van der Waals surface area contributed by atoms with E-state index in [1.54, 1.807) is 8.24 Å². The molecule has 0 fully saturated rings. The van der Waals surface area contributed by atoms with Crippen LogP contribution in [0.1, 0.15) is 0 Å². The van der Waals surface area contributed by atoms with Gasteiger partial charge in [0.25, 0.3) is 0 Å². The SMILES string of the molecule is c1ccc2[c]([Ga][c]3cccc4ccccc34)cccc2c1. The summed E-state index contributed by atoms with van der Waals surface area (Å²) in [5, 5.41) is 5.56. The summed E-state index contributed by atoms with van der Waals surface area (Å²) in [4.78, 5) is 0. The third kappa shape index (κ3) is 2.39. The summed E-state index contributed by atoms with van der Waals surface area (Å²) in [6.07, 6.45) is 0. The molecule has 0 heterocycles. The van der Waals surface area contributed by atoms with Crippen molar-refractivity contribution in [1.29, 1.82) is 0 Å². The normalized spacial score (nSPS) is 10.9. The Bertz CT molecular complexity index is 837. The van der Waals surface area contributed by atoms with E-state index in [-0.39, 0.29) is 0 Å². The van der Waals surface area contributed by atoms with Gasteiger partial charge in [-0.1, -0.05) is 0 Å². The molecule has 0 atom stereocenters. The quantitative estimate of drug-likeness (QED) is 0.494. The van der Waals surface area contributed by atoms with E-state index in [4.69, 9.17) is 0 Å². The van der Waals surface area contributed by atoms with E-state index in [0.29, 0.717) is 0 Å². The Morgan fingerprint density at radius 3 is 1.38 bits per heavy atom. The summed E-state index contributed by atoms with van der Waals surface area (Å²) in [5.41, 5.74) is 0. The van der Waals surface area contributed by atoms with Gasteiger partial charge >= 0.3 is 132 Å². The van der Waals surface area contributed by atoms with Gasteiger partial charge in [0.2, 0.25) is 0 Å². The van der Waals surface area contributed by atoms with Crippen molar-refractivity contribution < 1.29 is 0 Å². The van der Waals surface area contributed by atoms with Crippen LogP contribution < -0.4 is 8.24 Å². The molecule has 0 unspecified atom stereocenters. The fourth-order valence-electron chi connectivity index (χ4n) is 2.92. The van der Waals surface area contributed by atoms with Gasteiger partial charge in [0, 0.05) is 0 Å². The minimum atomic E-state index is -0.659. The van der Waals surface area contributed by atoms with E-state index in [2.05, 4.69) is 84.9 Å². The molecule has 0 aliphatic carbocycles. The molecular formula is C20H14Ga. The third-order valence-electron chi connectivity index (χ3n) is 3.96. The molecular weight excluding hydrogens is 310 g/mol. The van der Waals surface area contributed by atoms with Gasteiger partial charge in [-0.25, -0.2) is 0 Å². The van der Waals surface area contributed by atoms with Gasteiger partial charge in [0.1, 0.15) is 0 Å². The average Bonchev–Trinajstić information content (AvgIpc) is 2.56. The molecule has 1 radical (unpaired) electrons. The van der Waals surface area contributed by atoms with Crippen LogP contribution in [0.5, 0.6) is 0 Å². The Morgan fingerprint density at radius 2 is 0.857 bits per heavy atom. The summed E-state index contributed by atoms with van der Waals surface area (Å²) in [6, 6.07) is 30.9. The molecule has 0 spiro atoms. The Kier molecular flexibility index (Phi) is 3.30. The summed E-state index contributed by atoms with van der Waals surface area (Å²) >= 11 is -0.659. The van der Waals surface area contributed by atoms with E-state index >= 15 is 0 Å². The average molecular weight is 324 g/mol. The van der Waals surface area contributed by atoms with E-state index < -0.39 is 17.4 Å². The molecule has 0 saturated carbocycles. The number of rotatable bonds is 2. The Hall–Kier alpha value is -1.96. The van der Waals surface area contributed by atoms with Crippen LogP contribution in [0.4, 0.5) is 0 Å². The maximum atomic E-state index is 2.31. The molecule has 0 aliphatic heterocycles. The van der Waals surface area contributed by atoms with Gasteiger partial charge in [-0.3, -0.25) is 0 Å². The number of benzene rings is 4. The van der Waals surface area contributed by atoms with Crippen molar-refractivity contribution in [3.05, 3.63) is 84.9 Å². The molecule has 4 aromatic carbocycles. The summed E-state index contributed by atoms with van der Waals surface area (Å²) < 4.78 is 3.10. The topological polar surface area (TPSA) is 0 Å². The minimum absolute atomic E-state index is 0.659. The second-order valence-corrected chi connectivity index (χ2v) is 8.50. The maximum absolute atomic E-state index is 2.31. The van der Waals surface area contributed by atoms with Crippen molar-refractivity contribution in [2.24, 2.45) is 0 Å². The first-order valence-electron chi connectivity index (χ1n) is 7.22. The van der Waals surface area contributed by atoms with Crippen molar-refractivity contribution in [2.75, 3.05) is 0 Å². The van der Waals surface area contributed by atoms with Gasteiger partial charge in [-0.15, -0.1) is 0 Å². The number of hydrogen-bond donors (Lipinski definition) is 0. The fourth-order valence-corrected chi connectivity index (χ4v) is 6.25. The second kappa shape index (κ2) is 5.43. The molecule has 21 heavy (non-hydrogen) atoms. The molecule has 0 aromatic heterocycles. The molecule has 0 aliphatic rings. The van der Waals surface area contributed by atoms with Crippen molar-refractivity contribution in [3.8, 4) is 0 Å². The molecule has 0 saturated heterocycles. The van der Waals surface area contributed by atoms with Crippen LogP contribution in [-0.4, -0.2) is 17.4 Å². The van der Waals surface area contributed by atoms with Crippen molar-refractivity contribution in [3.63, 3.8) is 0 Å². The van der Waals surface area contributed by atoms with E-state index in [1.807, 2.05) is 0 Å². The zero-order valence-corrected chi connectivity index (χ0v) is 14.1. The van der Waals surface area contributed by atoms with Crippen molar-refractivity contribution in [2.45, 2.75) is 0 Å². The van der Waals surface area contributed by atoms with Crippen molar-refractivity contribution >= 4 is 47.2 Å². The fraction of sp³-hybridized carbons (Fsp3) is 0. The van der Waals surface area contributed by atoms with E-state index in [1.165, 1.54) is 21.5 Å². The van der Waals surface area contributed by atoms with Crippen LogP contribution in [0.25, 0.3) is 21.5 Å². The molecule has 4 rings (SSSR count). The van der Waals surface area contributed by atoms with Crippen LogP contribution in [0.3, 0.4) is 0 Å². The Labute approximate surface area is 132 Å². The van der Waals surface area contributed by atoms with Crippen LogP contribution in [-0.2, 0) is 0 Å². The predicted molar refractivity (Wildman–Crippen MR) is 92.9 cm³/mol. The first kappa shape index (κ1) is 12.8. The van der Waals surface area contributed by atoms with Crippen LogP contribution >= 0.6 is 0 Å². The molecule has 0 amide bonds. The molecule has 4 aromatic rings. The van der Waals surface area contributed by atoms with Crippen molar-refractivity contribution in [1.82, 2.24) is 0 Å². The van der Waals surface area contributed by atoms with Gasteiger partial charge in [-0.05, 0) is 0 Å². The summed E-state index contributed by atoms with van der Waals surface area (Å²) in [7, 11) is 0. The molecule has 0 N–H and O–H groups in total. The first-order chi connectivity index (χ1) is 10.4. The first-order valence-corrected chi connectivity index (χ1v) is 9.64. The van der Waals surface area contributed by atoms with E-state index in [9.17, 15) is 0 Å². The Balaban J connectivity index is 1.87. The van der Waals surface area contributed by atoms with Crippen LogP contribution in [0.15, 0.2) is 84.9 Å². The summed E-state index contributed by atoms with van der Waals surface area (Å²) in [5.74, 6) is 0. The number of hydrogen-bond acceptors (Lipinski definition) is 0. The predicted octanol–water partition coefficient (Wildman–Crippen LogP) is 3.65. The Morgan fingerprint density at radius 1 is 0.429 bits per heavy atom. The molecule has 0 bridgehead atoms. The zero-order valence-electron chi connectivity index (χ0n) is 11.7. The molecule has 1 heteroatoms. The van der Waals surface area contributed by atoms with Gasteiger partial charge in [0.15, 0.2) is 0 Å². The van der Waals surface area contributed by atoms with Gasteiger partial charge < -0.3 is 0 Å². The van der Waals surface area contributed by atoms with Gasteiger partial charge in [-0.2, -0.15) is 0 Å². The van der Waals surface area contributed by atoms with Crippen LogP contribution in [0.2, 0.25) is 0 Å².